The Kier molecular flexibility index (Phi) is 4.39. The summed E-state index contributed by atoms with van der Waals surface area (Å²) in [6.07, 6.45) is 4.00. The first-order chi connectivity index (χ1) is 6.61. The molecule has 0 heterocycles. The number of amides is 1. The van der Waals surface area contributed by atoms with Gasteiger partial charge in [-0.15, -0.1) is 0 Å². The van der Waals surface area contributed by atoms with Gasteiger partial charge in [-0.2, -0.15) is 0 Å². The Labute approximate surface area is 86.4 Å². The van der Waals surface area contributed by atoms with E-state index in [1.165, 1.54) is 6.42 Å². The molecule has 1 amide bonds. The molecule has 14 heavy (non-hydrogen) atoms. The number of hydrogen-bond acceptors (Lipinski definition) is 2. The van der Waals surface area contributed by atoms with Crippen LogP contribution < -0.4 is 11.1 Å². The predicted octanol–water partition coefficient (Wildman–Crippen LogP) is 1.28. The zero-order valence-corrected chi connectivity index (χ0v) is 9.25. The van der Waals surface area contributed by atoms with Crippen LogP contribution in [0, 0.1) is 11.8 Å². The molecular formula is C11H22N2O. The summed E-state index contributed by atoms with van der Waals surface area (Å²) < 4.78 is 0. The van der Waals surface area contributed by atoms with E-state index in [0.717, 1.165) is 24.7 Å². The maximum Gasteiger partial charge on any atom is 0.221 e. The Morgan fingerprint density at radius 2 is 1.86 bits per heavy atom. The highest BCUT2D eigenvalue weighted by Crippen LogP contribution is 2.28. The third-order valence-electron chi connectivity index (χ3n) is 2.92. The molecule has 0 spiro atoms. The highest BCUT2D eigenvalue weighted by molar-refractivity contribution is 5.76. The molecule has 0 aliphatic heterocycles. The predicted molar refractivity (Wildman–Crippen MR) is 57.8 cm³/mol. The van der Waals surface area contributed by atoms with E-state index in [0.29, 0.717) is 19.0 Å². The summed E-state index contributed by atoms with van der Waals surface area (Å²) in [5, 5.41) is 3.06. The van der Waals surface area contributed by atoms with Crippen LogP contribution in [0.1, 0.15) is 39.5 Å². The molecule has 0 saturated heterocycles. The van der Waals surface area contributed by atoms with Gasteiger partial charge < -0.3 is 11.1 Å². The maximum atomic E-state index is 11.3. The smallest absolute Gasteiger partial charge is 0.221 e. The Hall–Kier alpha value is -0.570. The van der Waals surface area contributed by atoms with E-state index >= 15 is 0 Å². The van der Waals surface area contributed by atoms with E-state index < -0.39 is 0 Å². The van der Waals surface area contributed by atoms with Crippen molar-refractivity contribution in [2.24, 2.45) is 17.6 Å². The van der Waals surface area contributed by atoms with Crippen molar-refractivity contribution in [2.75, 3.05) is 6.54 Å². The molecule has 1 rings (SSSR count). The van der Waals surface area contributed by atoms with Gasteiger partial charge in [-0.1, -0.05) is 13.8 Å². The molecule has 0 aromatic carbocycles. The third-order valence-corrected chi connectivity index (χ3v) is 2.92. The van der Waals surface area contributed by atoms with Crippen LogP contribution in [0.4, 0.5) is 0 Å². The van der Waals surface area contributed by atoms with E-state index in [1.807, 2.05) is 0 Å². The fourth-order valence-electron chi connectivity index (χ4n) is 2.50. The van der Waals surface area contributed by atoms with Gasteiger partial charge in [0.25, 0.3) is 0 Å². The lowest BCUT2D eigenvalue weighted by Gasteiger charge is -2.31. The Morgan fingerprint density at radius 3 is 2.36 bits per heavy atom. The van der Waals surface area contributed by atoms with Gasteiger partial charge in [0.1, 0.15) is 0 Å². The molecule has 1 fully saturated rings. The molecule has 3 N–H and O–H groups in total. The van der Waals surface area contributed by atoms with Crippen LogP contribution in [-0.2, 0) is 4.79 Å². The van der Waals surface area contributed by atoms with Crippen molar-refractivity contribution in [2.45, 2.75) is 45.6 Å². The molecule has 3 heteroatoms. The third kappa shape index (κ3) is 3.66. The summed E-state index contributed by atoms with van der Waals surface area (Å²) in [5.74, 6) is 1.59. The van der Waals surface area contributed by atoms with Crippen LogP contribution in [0.2, 0.25) is 0 Å². The molecule has 2 atom stereocenters. The van der Waals surface area contributed by atoms with Gasteiger partial charge in [0.05, 0.1) is 0 Å². The van der Waals surface area contributed by atoms with Crippen LogP contribution >= 0.6 is 0 Å². The lowest BCUT2D eigenvalue weighted by molar-refractivity contribution is -0.122. The van der Waals surface area contributed by atoms with Crippen molar-refractivity contribution >= 4 is 5.91 Å². The second kappa shape index (κ2) is 5.35. The zero-order valence-electron chi connectivity index (χ0n) is 9.25. The van der Waals surface area contributed by atoms with E-state index in [1.54, 1.807) is 0 Å². The summed E-state index contributed by atoms with van der Waals surface area (Å²) in [4.78, 5) is 11.3. The zero-order chi connectivity index (χ0) is 10.6. The van der Waals surface area contributed by atoms with Crippen LogP contribution in [0.15, 0.2) is 0 Å². The minimum Gasteiger partial charge on any atom is -0.353 e. The standard InChI is InChI=1S/C11H22N2O/c1-8-5-9(2)7-10(6-8)13-11(14)3-4-12/h8-10H,3-7,12H2,1-2H3,(H,13,14). The summed E-state index contributed by atoms with van der Waals surface area (Å²) in [7, 11) is 0. The van der Waals surface area contributed by atoms with Crippen molar-refractivity contribution in [1.82, 2.24) is 5.32 Å². The van der Waals surface area contributed by atoms with Gasteiger partial charge >= 0.3 is 0 Å². The largest absolute Gasteiger partial charge is 0.353 e. The fraction of sp³-hybridized carbons (Fsp3) is 0.909. The van der Waals surface area contributed by atoms with Crippen molar-refractivity contribution < 1.29 is 4.79 Å². The second-order valence-electron chi connectivity index (χ2n) is 4.72. The van der Waals surface area contributed by atoms with E-state index in [-0.39, 0.29) is 5.91 Å². The number of rotatable bonds is 3. The number of carbonyl (C=O) groups excluding carboxylic acids is 1. The second-order valence-corrected chi connectivity index (χ2v) is 4.72. The molecular weight excluding hydrogens is 176 g/mol. The van der Waals surface area contributed by atoms with Crippen molar-refractivity contribution in [3.8, 4) is 0 Å². The number of hydrogen-bond donors (Lipinski definition) is 2. The number of carbonyl (C=O) groups is 1. The molecule has 0 aromatic rings. The highest BCUT2D eigenvalue weighted by atomic mass is 16.1. The van der Waals surface area contributed by atoms with Gasteiger partial charge in [0.15, 0.2) is 0 Å². The summed E-state index contributed by atoms with van der Waals surface area (Å²) in [6.45, 7) is 4.97. The molecule has 3 nitrogen and oxygen atoms in total. The SMILES string of the molecule is CC1CC(C)CC(NC(=O)CCN)C1. The van der Waals surface area contributed by atoms with Gasteiger partial charge in [-0.05, 0) is 31.1 Å². The first-order valence-corrected chi connectivity index (χ1v) is 5.61. The molecule has 0 bridgehead atoms. The van der Waals surface area contributed by atoms with Crippen LogP contribution in [0.25, 0.3) is 0 Å². The monoisotopic (exact) mass is 198 g/mol. The average Bonchev–Trinajstić information content (AvgIpc) is 2.01. The molecule has 0 aromatic heterocycles. The molecule has 82 valence electrons. The van der Waals surface area contributed by atoms with E-state index in [4.69, 9.17) is 5.73 Å². The van der Waals surface area contributed by atoms with Crippen LogP contribution in [0.3, 0.4) is 0 Å². The van der Waals surface area contributed by atoms with Gasteiger partial charge in [-0.25, -0.2) is 0 Å². The van der Waals surface area contributed by atoms with Crippen molar-refractivity contribution in [3.05, 3.63) is 0 Å². The van der Waals surface area contributed by atoms with Crippen LogP contribution in [0.5, 0.6) is 0 Å². The fourth-order valence-corrected chi connectivity index (χ4v) is 2.50. The molecule has 2 unspecified atom stereocenters. The van der Waals surface area contributed by atoms with E-state index in [9.17, 15) is 4.79 Å². The van der Waals surface area contributed by atoms with Gasteiger partial charge in [0.2, 0.25) is 5.91 Å². The summed E-state index contributed by atoms with van der Waals surface area (Å²) in [5.41, 5.74) is 5.33. The Balaban J connectivity index is 2.33. The molecule has 1 saturated carbocycles. The first-order valence-electron chi connectivity index (χ1n) is 5.61. The lowest BCUT2D eigenvalue weighted by atomic mass is 9.80. The molecule has 1 aliphatic carbocycles. The quantitative estimate of drug-likeness (QED) is 0.717. The lowest BCUT2D eigenvalue weighted by Crippen LogP contribution is -2.40. The Bertz CT molecular complexity index is 184. The van der Waals surface area contributed by atoms with Crippen molar-refractivity contribution in [3.63, 3.8) is 0 Å². The first kappa shape index (κ1) is 11.5. The minimum atomic E-state index is 0.110. The summed E-state index contributed by atoms with van der Waals surface area (Å²) in [6, 6.07) is 0.382. The average molecular weight is 198 g/mol. The summed E-state index contributed by atoms with van der Waals surface area (Å²) >= 11 is 0. The normalized spacial score (nSPS) is 32.6. The van der Waals surface area contributed by atoms with Crippen molar-refractivity contribution in [1.29, 1.82) is 0 Å². The maximum absolute atomic E-state index is 11.3. The van der Waals surface area contributed by atoms with Gasteiger partial charge in [0, 0.05) is 19.0 Å². The van der Waals surface area contributed by atoms with Gasteiger partial charge in [-0.3, -0.25) is 4.79 Å². The number of nitrogens with two attached hydrogens (primary N) is 1. The minimum absolute atomic E-state index is 0.110. The topological polar surface area (TPSA) is 55.1 Å². The highest BCUT2D eigenvalue weighted by Gasteiger charge is 2.24. The number of nitrogens with one attached hydrogen (secondary N) is 1. The van der Waals surface area contributed by atoms with E-state index in [2.05, 4.69) is 19.2 Å². The van der Waals surface area contributed by atoms with Crippen LogP contribution in [-0.4, -0.2) is 18.5 Å². The molecule has 1 aliphatic rings. The Morgan fingerprint density at radius 1 is 1.29 bits per heavy atom. The molecule has 0 radical (unpaired) electrons.